The molecule has 6 heteroatoms. The quantitative estimate of drug-likeness (QED) is 0.157. The first-order valence-corrected chi connectivity index (χ1v) is 18.8. The van der Waals surface area contributed by atoms with E-state index >= 15 is 0 Å². The molecule has 0 aliphatic heterocycles. The summed E-state index contributed by atoms with van der Waals surface area (Å²) in [6.07, 6.45) is 4.89. The average molecular weight is 693 g/mol. The van der Waals surface area contributed by atoms with Crippen molar-refractivity contribution in [3.8, 4) is 11.5 Å². The van der Waals surface area contributed by atoms with Gasteiger partial charge in [-0.15, -0.1) is 0 Å². The average Bonchev–Trinajstić information content (AvgIpc) is 2.93. The SMILES string of the molecule is CC(C)(Cc1cc(C(C)(C)C)c(O)c(C(C)(C)C)c1)C(=O)NCCCCCCNC(=O)C(C)(C)Cc1cc(C(C)(C)C)c(O)c(C(C)(C)C)c1. The van der Waals surface area contributed by atoms with Gasteiger partial charge < -0.3 is 20.8 Å². The van der Waals surface area contributed by atoms with Gasteiger partial charge in [-0.25, -0.2) is 0 Å². The first kappa shape index (κ1) is 43.1. The van der Waals surface area contributed by atoms with E-state index in [1.807, 2.05) is 27.7 Å². The fraction of sp³-hybridized carbons (Fsp3) is 0.682. The van der Waals surface area contributed by atoms with Crippen LogP contribution in [0.3, 0.4) is 0 Å². The highest BCUT2D eigenvalue weighted by atomic mass is 16.3. The van der Waals surface area contributed by atoms with Crippen LogP contribution >= 0.6 is 0 Å². The number of carbonyl (C=O) groups is 2. The predicted octanol–water partition coefficient (Wildman–Crippen LogP) is 9.92. The van der Waals surface area contributed by atoms with Gasteiger partial charge in [0.15, 0.2) is 0 Å². The number of hydrogen-bond acceptors (Lipinski definition) is 4. The predicted molar refractivity (Wildman–Crippen MR) is 210 cm³/mol. The van der Waals surface area contributed by atoms with Gasteiger partial charge in [-0.1, -0.05) is 148 Å². The lowest BCUT2D eigenvalue weighted by Crippen LogP contribution is -2.39. The number of benzene rings is 2. The number of unbranched alkanes of at least 4 members (excludes halogenated alkanes) is 3. The van der Waals surface area contributed by atoms with E-state index in [2.05, 4.69) is 118 Å². The van der Waals surface area contributed by atoms with Crippen LogP contribution in [0.25, 0.3) is 0 Å². The Bertz CT molecular complexity index is 1300. The summed E-state index contributed by atoms with van der Waals surface area (Å²) in [7, 11) is 0. The summed E-state index contributed by atoms with van der Waals surface area (Å²) in [6.45, 7) is 34.5. The third-order valence-electron chi connectivity index (χ3n) is 9.77. The largest absolute Gasteiger partial charge is 0.507 e. The Kier molecular flexibility index (Phi) is 13.5. The molecule has 4 N–H and O–H groups in total. The highest BCUT2D eigenvalue weighted by Crippen LogP contribution is 2.42. The van der Waals surface area contributed by atoms with Crippen molar-refractivity contribution in [3.63, 3.8) is 0 Å². The molecule has 0 saturated heterocycles. The zero-order valence-electron chi connectivity index (χ0n) is 34.7. The minimum absolute atomic E-state index is 0.0348. The van der Waals surface area contributed by atoms with Gasteiger partial charge in [0.2, 0.25) is 11.8 Å². The molecule has 0 saturated carbocycles. The van der Waals surface area contributed by atoms with Crippen LogP contribution in [0.5, 0.6) is 11.5 Å². The first-order chi connectivity index (χ1) is 22.5. The molecule has 6 nitrogen and oxygen atoms in total. The van der Waals surface area contributed by atoms with Crippen molar-refractivity contribution in [2.24, 2.45) is 10.8 Å². The van der Waals surface area contributed by atoms with E-state index in [-0.39, 0.29) is 33.5 Å². The summed E-state index contributed by atoms with van der Waals surface area (Å²) in [5, 5.41) is 28.5. The van der Waals surface area contributed by atoms with Gasteiger partial charge in [0.25, 0.3) is 0 Å². The van der Waals surface area contributed by atoms with Gasteiger partial charge in [-0.05, 0) is 80.7 Å². The molecule has 0 aliphatic rings. The molecular formula is C44H72N2O4. The topological polar surface area (TPSA) is 98.7 Å². The molecule has 0 spiro atoms. The van der Waals surface area contributed by atoms with Crippen molar-refractivity contribution in [1.82, 2.24) is 10.6 Å². The lowest BCUT2D eigenvalue weighted by atomic mass is 9.76. The summed E-state index contributed by atoms with van der Waals surface area (Å²) in [5.74, 6) is 0.788. The molecule has 0 atom stereocenters. The molecular weight excluding hydrogens is 620 g/mol. The highest BCUT2D eigenvalue weighted by Gasteiger charge is 2.33. The molecule has 0 heterocycles. The van der Waals surface area contributed by atoms with Gasteiger partial charge >= 0.3 is 0 Å². The smallest absolute Gasteiger partial charge is 0.225 e. The molecule has 2 aromatic carbocycles. The van der Waals surface area contributed by atoms with Gasteiger partial charge in [0.05, 0.1) is 0 Å². The lowest BCUT2D eigenvalue weighted by Gasteiger charge is -2.30. The molecule has 2 amide bonds. The minimum atomic E-state index is -0.596. The number of rotatable bonds is 13. The molecule has 0 fully saturated rings. The van der Waals surface area contributed by atoms with Crippen molar-refractivity contribution in [1.29, 1.82) is 0 Å². The van der Waals surface area contributed by atoms with Crippen LogP contribution in [-0.4, -0.2) is 35.1 Å². The molecule has 0 aliphatic carbocycles. The molecule has 0 bridgehead atoms. The van der Waals surface area contributed by atoms with E-state index in [1.54, 1.807) is 0 Å². The fourth-order valence-electron chi connectivity index (χ4n) is 6.55. The zero-order chi connectivity index (χ0) is 38.7. The van der Waals surface area contributed by atoms with Gasteiger partial charge in [0, 0.05) is 23.9 Å². The number of aromatic hydroxyl groups is 2. The van der Waals surface area contributed by atoms with Crippen LogP contribution in [0.2, 0.25) is 0 Å². The Morgan fingerprint density at radius 2 is 0.700 bits per heavy atom. The second-order valence-corrected chi connectivity index (χ2v) is 20.1. The third-order valence-corrected chi connectivity index (χ3v) is 9.77. The van der Waals surface area contributed by atoms with E-state index in [0.717, 1.165) is 59.1 Å². The molecule has 0 unspecified atom stereocenters. The van der Waals surface area contributed by atoms with Gasteiger partial charge in [-0.2, -0.15) is 0 Å². The van der Waals surface area contributed by atoms with Gasteiger partial charge in [0.1, 0.15) is 11.5 Å². The van der Waals surface area contributed by atoms with E-state index in [9.17, 15) is 19.8 Å². The highest BCUT2D eigenvalue weighted by molar-refractivity contribution is 5.82. The monoisotopic (exact) mass is 693 g/mol. The first-order valence-electron chi connectivity index (χ1n) is 18.8. The molecule has 2 rings (SSSR count). The standard InChI is InChI=1S/C44H72N2O4/c1-39(2,3)31-23-29(24-32(35(31)47)40(4,5)6)27-43(13,14)37(49)45-21-19-17-18-20-22-46-38(50)44(15,16)28-30-25-33(41(7,8)9)36(48)34(26-30)42(10,11)12/h23-26,47-48H,17-22,27-28H2,1-16H3,(H,45,49)(H,46,50). The number of phenols is 2. The number of hydrogen-bond donors (Lipinski definition) is 4. The van der Waals surface area contributed by atoms with E-state index < -0.39 is 10.8 Å². The number of carbonyl (C=O) groups excluding carboxylic acids is 2. The third kappa shape index (κ3) is 11.8. The van der Waals surface area contributed by atoms with Crippen molar-refractivity contribution in [2.45, 2.75) is 171 Å². The van der Waals surface area contributed by atoms with Gasteiger partial charge in [-0.3, -0.25) is 9.59 Å². The van der Waals surface area contributed by atoms with E-state index in [1.165, 1.54) is 0 Å². The molecule has 50 heavy (non-hydrogen) atoms. The summed E-state index contributed by atoms with van der Waals surface area (Å²) in [6, 6.07) is 8.27. The van der Waals surface area contributed by atoms with Crippen molar-refractivity contribution in [2.75, 3.05) is 13.1 Å². The number of nitrogens with one attached hydrogen (secondary N) is 2. The van der Waals surface area contributed by atoms with E-state index in [4.69, 9.17) is 0 Å². The Morgan fingerprint density at radius 3 is 0.920 bits per heavy atom. The minimum Gasteiger partial charge on any atom is -0.507 e. The normalized spacial score (nSPS) is 13.4. The molecule has 0 aromatic heterocycles. The lowest BCUT2D eigenvalue weighted by molar-refractivity contribution is -0.130. The summed E-state index contributed by atoms with van der Waals surface area (Å²) in [5.41, 5.74) is 3.73. The number of phenolic OH excluding ortho intramolecular Hbond substituents is 2. The second-order valence-electron chi connectivity index (χ2n) is 20.1. The molecule has 282 valence electrons. The number of amides is 2. The molecule has 0 radical (unpaired) electrons. The maximum absolute atomic E-state index is 13.3. The second kappa shape index (κ2) is 15.7. The van der Waals surface area contributed by atoms with Crippen LogP contribution in [0.4, 0.5) is 0 Å². The summed E-state index contributed by atoms with van der Waals surface area (Å²) in [4.78, 5) is 26.5. The summed E-state index contributed by atoms with van der Waals surface area (Å²) < 4.78 is 0. The maximum Gasteiger partial charge on any atom is 0.225 e. The summed E-state index contributed by atoms with van der Waals surface area (Å²) >= 11 is 0. The Morgan fingerprint density at radius 1 is 0.460 bits per heavy atom. The molecule has 2 aromatic rings. The Balaban J connectivity index is 1.88. The van der Waals surface area contributed by atoms with Crippen LogP contribution in [0.1, 0.15) is 170 Å². The van der Waals surface area contributed by atoms with Crippen molar-refractivity contribution in [3.05, 3.63) is 57.6 Å². The maximum atomic E-state index is 13.3. The van der Waals surface area contributed by atoms with Crippen LogP contribution in [0.15, 0.2) is 24.3 Å². The van der Waals surface area contributed by atoms with Crippen LogP contribution in [0, 0.1) is 10.8 Å². The zero-order valence-corrected chi connectivity index (χ0v) is 34.7. The van der Waals surface area contributed by atoms with Crippen molar-refractivity contribution < 1.29 is 19.8 Å². The van der Waals surface area contributed by atoms with Crippen molar-refractivity contribution >= 4 is 11.8 Å². The van der Waals surface area contributed by atoms with E-state index in [0.29, 0.717) is 37.4 Å². The Labute approximate surface area is 305 Å². The van der Waals surface area contributed by atoms with Crippen LogP contribution in [-0.2, 0) is 44.1 Å². The fourth-order valence-corrected chi connectivity index (χ4v) is 6.55. The Hall–Kier alpha value is -3.02. The van der Waals surface area contributed by atoms with Crippen LogP contribution < -0.4 is 10.6 Å².